The number of rotatable bonds is 0. The van der Waals surface area contributed by atoms with Crippen molar-refractivity contribution in [2.24, 2.45) is 9.98 Å². The minimum Gasteiger partial charge on any atom is -0.352 e. The number of anilines is 4. The zero-order chi connectivity index (χ0) is 24.2. The molecule has 1 fully saturated rings. The Hall–Kier alpha value is -3.62. The highest BCUT2D eigenvalue weighted by Gasteiger charge is 2.30. The van der Waals surface area contributed by atoms with Crippen molar-refractivity contribution in [3.8, 4) is 0 Å². The van der Waals surface area contributed by atoms with Crippen molar-refractivity contribution in [1.29, 1.82) is 0 Å². The molecular weight excluding hydrogens is 484 g/mol. The Morgan fingerprint density at radius 3 is 1.50 bits per heavy atom. The molecule has 0 saturated carbocycles. The van der Waals surface area contributed by atoms with E-state index in [4.69, 9.17) is 9.98 Å². The van der Waals surface area contributed by atoms with Crippen LogP contribution in [-0.4, -0.2) is 47.7 Å². The molecule has 36 heavy (non-hydrogen) atoms. The fourth-order valence-corrected chi connectivity index (χ4v) is 6.95. The Kier molecular flexibility index (Phi) is 5.11. The molecule has 7 rings (SSSR count). The minimum atomic E-state index is 0.891. The van der Waals surface area contributed by atoms with E-state index in [2.05, 4.69) is 94.9 Å². The van der Waals surface area contributed by atoms with Gasteiger partial charge in [0.25, 0.3) is 0 Å². The van der Waals surface area contributed by atoms with E-state index in [1.807, 2.05) is 0 Å². The summed E-state index contributed by atoms with van der Waals surface area (Å²) in [5.41, 5.74) is 6.50. The summed E-state index contributed by atoms with van der Waals surface area (Å²) >= 11 is 3.59. The second kappa shape index (κ2) is 8.50. The number of thiophene rings is 2. The summed E-state index contributed by atoms with van der Waals surface area (Å²) in [7, 11) is 0. The van der Waals surface area contributed by atoms with Gasteiger partial charge in [-0.1, -0.05) is 24.3 Å². The van der Waals surface area contributed by atoms with E-state index < -0.39 is 0 Å². The van der Waals surface area contributed by atoms with Gasteiger partial charge in [0.05, 0.1) is 33.9 Å². The number of nitrogens with zero attached hydrogens (tertiary/aromatic N) is 4. The number of aliphatic imine (C=N–C) groups is 2. The average molecular weight is 511 g/mol. The first-order valence-corrected chi connectivity index (χ1v) is 13.9. The maximum Gasteiger partial charge on any atom is 0.139 e. The lowest BCUT2D eigenvalue weighted by Crippen LogP contribution is -2.51. The van der Waals surface area contributed by atoms with Crippen molar-refractivity contribution in [3.63, 3.8) is 0 Å². The monoisotopic (exact) mass is 510 g/mol. The topological polar surface area (TPSA) is 55.3 Å². The molecule has 2 aromatic carbocycles. The number of hydrogen-bond acceptors (Lipinski definition) is 8. The van der Waals surface area contributed by atoms with Crippen LogP contribution in [0.1, 0.15) is 20.9 Å². The third kappa shape index (κ3) is 3.68. The van der Waals surface area contributed by atoms with E-state index in [-0.39, 0.29) is 0 Å². The number of fused-ring (bicyclic) bond motifs is 4. The molecule has 3 aliphatic rings. The maximum atomic E-state index is 5.17. The molecule has 3 aliphatic heterocycles. The van der Waals surface area contributed by atoms with Crippen LogP contribution in [0.15, 0.2) is 70.6 Å². The number of para-hydroxylation sites is 4. The largest absolute Gasteiger partial charge is 0.352 e. The van der Waals surface area contributed by atoms with E-state index in [9.17, 15) is 0 Å². The van der Waals surface area contributed by atoms with Crippen LogP contribution in [0.2, 0.25) is 0 Å². The van der Waals surface area contributed by atoms with Crippen LogP contribution in [-0.2, 0) is 0 Å². The quantitative estimate of drug-likeness (QED) is 0.267. The van der Waals surface area contributed by atoms with Crippen LogP contribution in [0.3, 0.4) is 0 Å². The van der Waals surface area contributed by atoms with Gasteiger partial charge in [0, 0.05) is 35.9 Å². The van der Waals surface area contributed by atoms with Crippen molar-refractivity contribution < 1.29 is 0 Å². The molecule has 0 spiro atoms. The highest BCUT2D eigenvalue weighted by Crippen LogP contribution is 2.41. The average Bonchev–Trinajstić information content (AvgIpc) is 3.34. The number of hydrogen-bond donors (Lipinski definition) is 2. The molecule has 0 bridgehead atoms. The minimum absolute atomic E-state index is 0.891. The molecule has 4 aromatic rings. The fraction of sp³-hybridized carbons (Fsp3) is 0.214. The van der Waals surface area contributed by atoms with Crippen molar-refractivity contribution in [2.75, 3.05) is 36.8 Å². The van der Waals surface area contributed by atoms with Gasteiger partial charge in [0.15, 0.2) is 0 Å². The predicted octanol–water partition coefficient (Wildman–Crippen LogP) is 7.01. The molecule has 2 N–H and O–H groups in total. The van der Waals surface area contributed by atoms with Gasteiger partial charge in [-0.25, -0.2) is 9.98 Å². The van der Waals surface area contributed by atoms with Gasteiger partial charge >= 0.3 is 0 Å². The number of piperazine rings is 1. The number of benzene rings is 2. The molecule has 0 radical (unpaired) electrons. The highest BCUT2D eigenvalue weighted by atomic mass is 32.1. The van der Waals surface area contributed by atoms with Crippen molar-refractivity contribution >= 4 is 67.1 Å². The lowest BCUT2D eigenvalue weighted by Gasteiger charge is -2.38. The second-order valence-electron chi connectivity index (χ2n) is 9.33. The van der Waals surface area contributed by atoms with Gasteiger partial charge in [0.1, 0.15) is 21.7 Å². The Morgan fingerprint density at radius 2 is 1.06 bits per heavy atom. The van der Waals surface area contributed by atoms with E-state index in [1.54, 1.807) is 22.7 Å². The van der Waals surface area contributed by atoms with Gasteiger partial charge < -0.3 is 20.4 Å². The molecule has 6 nitrogen and oxygen atoms in total. The van der Waals surface area contributed by atoms with Crippen molar-refractivity contribution in [1.82, 2.24) is 9.80 Å². The van der Waals surface area contributed by atoms with E-state index in [0.717, 1.165) is 60.6 Å². The van der Waals surface area contributed by atoms with Gasteiger partial charge in [-0.2, -0.15) is 0 Å². The fourth-order valence-electron chi connectivity index (χ4n) is 5.11. The van der Waals surface area contributed by atoms with Crippen LogP contribution < -0.4 is 10.6 Å². The summed E-state index contributed by atoms with van der Waals surface area (Å²) in [6.07, 6.45) is 0. The second-order valence-corrected chi connectivity index (χ2v) is 11.8. The summed E-state index contributed by atoms with van der Waals surface area (Å²) in [5, 5.41) is 9.60. The molecule has 0 aliphatic carbocycles. The van der Waals surface area contributed by atoms with Gasteiger partial charge in [-0.05, 0) is 50.2 Å². The van der Waals surface area contributed by atoms with Crippen LogP contribution >= 0.6 is 22.7 Å². The van der Waals surface area contributed by atoms with Crippen LogP contribution in [0.4, 0.5) is 32.8 Å². The number of nitrogens with one attached hydrogen (secondary N) is 2. The van der Waals surface area contributed by atoms with E-state index in [0.29, 0.717) is 0 Å². The summed E-state index contributed by atoms with van der Waals surface area (Å²) in [4.78, 5) is 17.8. The van der Waals surface area contributed by atoms with Gasteiger partial charge in [0.2, 0.25) is 0 Å². The summed E-state index contributed by atoms with van der Waals surface area (Å²) in [5.74, 6) is 2.13. The number of amidine groups is 2. The first-order valence-electron chi connectivity index (χ1n) is 12.2. The lowest BCUT2D eigenvalue weighted by atomic mass is 10.2. The third-order valence-corrected chi connectivity index (χ3v) is 8.76. The first kappa shape index (κ1) is 21.6. The van der Waals surface area contributed by atoms with Crippen LogP contribution in [0.5, 0.6) is 0 Å². The standard InChI is InChI=1S/C28H26N6S2/c1-17-15-19-25(29-21-7-3-5-9-23(21)31-27(19)35-17)33-11-13-34(14-12-33)26-20-16-18(2)36-28(20)32-24-10-6-4-8-22(24)30-26/h3-10,15-16,31-32H,11-14H2,1-2H3. The molecule has 0 amide bonds. The van der Waals surface area contributed by atoms with Crippen molar-refractivity contribution in [3.05, 3.63) is 81.5 Å². The van der Waals surface area contributed by atoms with Gasteiger partial charge in [-0.3, -0.25) is 0 Å². The zero-order valence-electron chi connectivity index (χ0n) is 20.2. The molecule has 0 unspecified atom stereocenters. The third-order valence-electron chi connectivity index (χ3n) is 6.83. The Labute approximate surface area is 218 Å². The summed E-state index contributed by atoms with van der Waals surface area (Å²) < 4.78 is 0. The first-order chi connectivity index (χ1) is 17.6. The Morgan fingerprint density at radius 1 is 0.639 bits per heavy atom. The maximum absolute atomic E-state index is 5.17. The molecule has 2 aromatic heterocycles. The molecule has 1 saturated heterocycles. The summed E-state index contributed by atoms with van der Waals surface area (Å²) in [6, 6.07) is 21.2. The molecular formula is C28H26N6S2. The van der Waals surface area contributed by atoms with Crippen LogP contribution in [0.25, 0.3) is 0 Å². The van der Waals surface area contributed by atoms with E-state index >= 15 is 0 Å². The molecule has 8 heteroatoms. The molecule has 0 atom stereocenters. The number of aryl methyl sites for hydroxylation is 2. The summed E-state index contributed by atoms with van der Waals surface area (Å²) in [6.45, 7) is 7.89. The van der Waals surface area contributed by atoms with E-state index in [1.165, 1.54) is 30.9 Å². The molecule has 5 heterocycles. The Balaban J connectivity index is 1.21. The zero-order valence-corrected chi connectivity index (χ0v) is 21.8. The SMILES string of the molecule is Cc1cc2c(s1)Nc1ccccc1N=C2N1CCN(C2=Nc3ccccc3Nc3sc(C)cc32)CC1. The lowest BCUT2D eigenvalue weighted by molar-refractivity contribution is 0.260. The van der Waals surface area contributed by atoms with Gasteiger partial charge in [-0.15, -0.1) is 22.7 Å². The normalized spacial score (nSPS) is 16.3. The highest BCUT2D eigenvalue weighted by molar-refractivity contribution is 7.17. The van der Waals surface area contributed by atoms with Crippen LogP contribution in [0, 0.1) is 13.8 Å². The smallest absolute Gasteiger partial charge is 0.139 e. The molecule has 180 valence electrons. The Bertz CT molecular complexity index is 1420. The van der Waals surface area contributed by atoms with Crippen molar-refractivity contribution in [2.45, 2.75) is 13.8 Å². The predicted molar refractivity (Wildman–Crippen MR) is 153 cm³/mol.